The smallest absolute Gasteiger partial charge is 0.192 e. The van der Waals surface area contributed by atoms with E-state index in [1.165, 1.54) is 5.56 Å². The third-order valence-corrected chi connectivity index (χ3v) is 9.12. The molecule has 0 bridgehead atoms. The third-order valence-electron chi connectivity index (χ3n) is 3.41. The van der Waals surface area contributed by atoms with Gasteiger partial charge < -0.3 is 4.43 Å². The van der Waals surface area contributed by atoms with E-state index in [9.17, 15) is 0 Å². The Morgan fingerprint density at radius 1 is 1.18 bits per heavy atom. The summed E-state index contributed by atoms with van der Waals surface area (Å²) in [5.74, 6) is 0. The van der Waals surface area contributed by atoms with E-state index in [1.54, 1.807) is 0 Å². The second kappa shape index (κ2) is 5.55. The van der Waals surface area contributed by atoms with Gasteiger partial charge in [-0.1, -0.05) is 58.7 Å². The molecule has 1 nitrogen and oxygen atoms in total. The van der Waals surface area contributed by atoms with E-state index in [0.29, 0.717) is 6.61 Å². The highest BCUT2D eigenvalue weighted by Gasteiger charge is 2.37. The van der Waals surface area contributed by atoms with Crippen molar-refractivity contribution in [2.45, 2.75) is 45.5 Å². The van der Waals surface area contributed by atoms with Crippen LogP contribution in [0.2, 0.25) is 18.1 Å². The summed E-state index contributed by atoms with van der Waals surface area (Å²) >= 11 is 7.03. The number of rotatable bonds is 3. The predicted octanol–water partition coefficient (Wildman–Crippen LogP) is 5.73. The van der Waals surface area contributed by atoms with Gasteiger partial charge in [0.1, 0.15) is 0 Å². The summed E-state index contributed by atoms with van der Waals surface area (Å²) in [4.78, 5) is 0. The molecule has 0 spiro atoms. The minimum Gasteiger partial charge on any atom is -0.413 e. The summed E-state index contributed by atoms with van der Waals surface area (Å²) in [6, 6.07) is 6.21. The summed E-state index contributed by atoms with van der Waals surface area (Å²) in [7, 11) is -1.66. The molecule has 0 heterocycles. The molecular weight excluding hydrogens is 360 g/mol. The van der Waals surface area contributed by atoms with Crippen LogP contribution in [-0.2, 0) is 11.0 Å². The van der Waals surface area contributed by atoms with Crippen LogP contribution in [0.5, 0.6) is 0 Å². The van der Waals surface area contributed by atoms with Crippen LogP contribution >= 0.6 is 31.9 Å². The summed E-state index contributed by atoms with van der Waals surface area (Å²) in [5.41, 5.74) is 1.21. The van der Waals surface area contributed by atoms with E-state index < -0.39 is 8.32 Å². The monoisotopic (exact) mass is 378 g/mol. The molecule has 0 aromatic heterocycles. The molecule has 0 aliphatic carbocycles. The average molecular weight is 380 g/mol. The van der Waals surface area contributed by atoms with Crippen molar-refractivity contribution < 1.29 is 4.43 Å². The Hall–Kier alpha value is 0.357. The van der Waals surface area contributed by atoms with Crippen molar-refractivity contribution >= 4 is 40.2 Å². The lowest BCUT2D eigenvalue weighted by atomic mass is 10.2. The standard InChI is InChI=1S/C13H20Br2OSi/c1-13(2,3)17(4,5)16-9-10-6-7-11(14)8-12(10)15/h6-8H,9H2,1-5H3. The van der Waals surface area contributed by atoms with Gasteiger partial charge in [0.05, 0.1) is 6.61 Å². The average Bonchev–Trinajstić information content (AvgIpc) is 2.14. The zero-order valence-corrected chi connectivity index (χ0v) is 15.3. The van der Waals surface area contributed by atoms with Gasteiger partial charge in [0, 0.05) is 8.95 Å². The first-order valence-electron chi connectivity index (χ1n) is 5.71. The number of benzene rings is 1. The van der Waals surface area contributed by atoms with Gasteiger partial charge in [-0.25, -0.2) is 0 Å². The molecule has 0 fully saturated rings. The molecule has 0 N–H and O–H groups in total. The Labute approximate surface area is 122 Å². The molecule has 0 aliphatic rings. The maximum absolute atomic E-state index is 6.19. The normalized spacial score (nSPS) is 12.9. The van der Waals surface area contributed by atoms with Gasteiger partial charge in [0.2, 0.25) is 0 Å². The maximum Gasteiger partial charge on any atom is 0.192 e. The van der Waals surface area contributed by atoms with Crippen LogP contribution < -0.4 is 0 Å². The molecule has 1 aromatic rings. The van der Waals surface area contributed by atoms with Gasteiger partial charge >= 0.3 is 0 Å². The molecule has 96 valence electrons. The second-order valence-corrected chi connectivity index (χ2v) is 12.4. The van der Waals surface area contributed by atoms with E-state index >= 15 is 0 Å². The van der Waals surface area contributed by atoms with Crippen molar-refractivity contribution in [3.8, 4) is 0 Å². The molecule has 1 aromatic carbocycles. The molecule has 0 radical (unpaired) electrons. The highest BCUT2D eigenvalue weighted by atomic mass is 79.9. The van der Waals surface area contributed by atoms with Gasteiger partial charge in [-0.2, -0.15) is 0 Å². The first kappa shape index (κ1) is 15.4. The fourth-order valence-corrected chi connectivity index (χ4v) is 3.22. The van der Waals surface area contributed by atoms with Crippen LogP contribution in [0.1, 0.15) is 26.3 Å². The van der Waals surface area contributed by atoms with Gasteiger partial charge in [0.15, 0.2) is 8.32 Å². The minimum atomic E-state index is -1.66. The lowest BCUT2D eigenvalue weighted by Crippen LogP contribution is -2.40. The van der Waals surface area contributed by atoms with E-state index in [4.69, 9.17) is 4.43 Å². The summed E-state index contributed by atoms with van der Waals surface area (Å²) in [5, 5.41) is 0.259. The number of hydrogen-bond acceptors (Lipinski definition) is 1. The van der Waals surface area contributed by atoms with E-state index in [0.717, 1.165) is 8.95 Å². The molecule has 4 heteroatoms. The van der Waals surface area contributed by atoms with Gasteiger partial charge in [-0.15, -0.1) is 0 Å². The van der Waals surface area contributed by atoms with Crippen LogP contribution in [-0.4, -0.2) is 8.32 Å². The molecule has 1 rings (SSSR count). The second-order valence-electron chi connectivity index (χ2n) is 5.78. The van der Waals surface area contributed by atoms with Crippen molar-refractivity contribution in [1.82, 2.24) is 0 Å². The fourth-order valence-electron chi connectivity index (χ4n) is 1.11. The zero-order chi connectivity index (χ0) is 13.3. The van der Waals surface area contributed by atoms with E-state index in [1.807, 2.05) is 0 Å². The van der Waals surface area contributed by atoms with Crippen molar-refractivity contribution in [2.75, 3.05) is 0 Å². The Bertz CT molecular complexity index is 397. The fraction of sp³-hybridized carbons (Fsp3) is 0.538. The first-order valence-corrected chi connectivity index (χ1v) is 10.2. The highest BCUT2D eigenvalue weighted by molar-refractivity contribution is 9.11. The molecule has 17 heavy (non-hydrogen) atoms. The summed E-state index contributed by atoms with van der Waals surface area (Å²) in [6.45, 7) is 12.0. The van der Waals surface area contributed by atoms with Crippen molar-refractivity contribution in [3.05, 3.63) is 32.7 Å². The Morgan fingerprint density at radius 2 is 1.76 bits per heavy atom. The zero-order valence-electron chi connectivity index (χ0n) is 11.1. The Morgan fingerprint density at radius 3 is 2.24 bits per heavy atom. The summed E-state index contributed by atoms with van der Waals surface area (Å²) in [6.07, 6.45) is 0. The molecule has 0 saturated heterocycles. The van der Waals surface area contributed by atoms with Gasteiger partial charge in [-0.05, 0) is 35.8 Å². The lowest BCUT2D eigenvalue weighted by Gasteiger charge is -2.36. The number of hydrogen-bond donors (Lipinski definition) is 0. The first-order chi connectivity index (χ1) is 7.63. The Kier molecular flexibility index (Phi) is 5.03. The molecular formula is C13H20Br2OSi. The lowest BCUT2D eigenvalue weighted by molar-refractivity contribution is 0.275. The van der Waals surface area contributed by atoms with Crippen molar-refractivity contribution in [2.24, 2.45) is 0 Å². The molecule has 0 unspecified atom stereocenters. The van der Waals surface area contributed by atoms with Gasteiger partial charge in [-0.3, -0.25) is 0 Å². The van der Waals surface area contributed by atoms with Crippen molar-refractivity contribution in [3.63, 3.8) is 0 Å². The van der Waals surface area contributed by atoms with Crippen LogP contribution in [0.4, 0.5) is 0 Å². The predicted molar refractivity (Wildman–Crippen MR) is 83.8 cm³/mol. The maximum atomic E-state index is 6.19. The molecule has 0 saturated carbocycles. The topological polar surface area (TPSA) is 9.23 Å². The molecule has 0 amide bonds. The van der Waals surface area contributed by atoms with Crippen LogP contribution in [0, 0.1) is 0 Å². The van der Waals surface area contributed by atoms with E-state index in [-0.39, 0.29) is 5.04 Å². The van der Waals surface area contributed by atoms with Crippen LogP contribution in [0.25, 0.3) is 0 Å². The van der Waals surface area contributed by atoms with Gasteiger partial charge in [0.25, 0.3) is 0 Å². The highest BCUT2D eigenvalue weighted by Crippen LogP contribution is 2.37. The third kappa shape index (κ3) is 4.19. The van der Waals surface area contributed by atoms with Crippen LogP contribution in [0.15, 0.2) is 27.1 Å². The summed E-state index contributed by atoms with van der Waals surface area (Å²) < 4.78 is 8.38. The van der Waals surface area contributed by atoms with Crippen LogP contribution in [0.3, 0.4) is 0 Å². The Balaban J connectivity index is 2.74. The molecule has 0 atom stereocenters. The SMILES string of the molecule is CC(C)(C)[Si](C)(C)OCc1ccc(Br)cc1Br. The van der Waals surface area contributed by atoms with Crippen molar-refractivity contribution in [1.29, 1.82) is 0 Å². The number of halogens is 2. The quantitative estimate of drug-likeness (QED) is 0.609. The minimum absolute atomic E-state index is 0.259. The largest absolute Gasteiger partial charge is 0.413 e. The van der Waals surface area contributed by atoms with E-state index in [2.05, 4.69) is 83.9 Å². The molecule has 0 aliphatic heterocycles.